The second-order valence-corrected chi connectivity index (χ2v) is 7.27. The second kappa shape index (κ2) is 9.54. The Kier molecular flexibility index (Phi) is 6.82. The van der Waals surface area contributed by atoms with Gasteiger partial charge in [-0.1, -0.05) is 12.2 Å². The number of ether oxygens (including phenoxy) is 2. The highest BCUT2D eigenvalue weighted by Crippen LogP contribution is 2.33. The fraction of sp³-hybridized carbons (Fsp3) is 0.364. The number of methoxy groups -OCH3 is 2. The van der Waals surface area contributed by atoms with Crippen LogP contribution in [0.1, 0.15) is 11.1 Å². The highest BCUT2D eigenvalue weighted by Gasteiger charge is 2.25. The van der Waals surface area contributed by atoms with E-state index in [1.165, 1.54) is 19.3 Å². The van der Waals surface area contributed by atoms with Crippen LogP contribution in [0, 0.1) is 0 Å². The van der Waals surface area contributed by atoms with Crippen LogP contribution in [-0.2, 0) is 37.4 Å². The fourth-order valence-corrected chi connectivity index (χ4v) is 3.72. The fourth-order valence-electron chi connectivity index (χ4n) is 3.72. The molecule has 0 unspecified atom stereocenters. The molecule has 2 heterocycles. The van der Waals surface area contributed by atoms with Crippen molar-refractivity contribution in [3.8, 4) is 11.5 Å². The van der Waals surface area contributed by atoms with Gasteiger partial charge in [0.05, 0.1) is 27.3 Å². The lowest BCUT2D eigenvalue weighted by Gasteiger charge is -2.30. The third-order valence-corrected chi connectivity index (χ3v) is 5.37. The number of benzene rings is 1. The molecule has 0 spiro atoms. The van der Waals surface area contributed by atoms with Crippen molar-refractivity contribution in [1.82, 2.24) is 18.6 Å². The minimum Gasteiger partial charge on any atom is -0.493 e. The molecule has 10 nitrogen and oxygen atoms in total. The van der Waals surface area contributed by atoms with Gasteiger partial charge in [-0.25, -0.2) is 28.1 Å². The summed E-state index contributed by atoms with van der Waals surface area (Å²) in [6.07, 6.45) is 3.34. The van der Waals surface area contributed by atoms with E-state index in [0.29, 0.717) is 31.0 Å². The number of rotatable bonds is 8. The summed E-state index contributed by atoms with van der Waals surface area (Å²) in [7, 11) is 3.10. The number of carbonyl (C=O) groups is 1. The Labute approximate surface area is 184 Å². The van der Waals surface area contributed by atoms with Crippen molar-refractivity contribution in [3.63, 3.8) is 0 Å². The summed E-state index contributed by atoms with van der Waals surface area (Å²) in [5.41, 5.74) is -0.529. The molecule has 0 saturated heterocycles. The summed E-state index contributed by atoms with van der Waals surface area (Å²) < 4.78 is 13.2. The molecule has 0 atom stereocenters. The summed E-state index contributed by atoms with van der Waals surface area (Å²) in [6, 6.07) is 3.71. The van der Waals surface area contributed by atoms with Crippen LogP contribution in [0.5, 0.6) is 11.5 Å². The Balaban J connectivity index is 1.94. The zero-order valence-electron chi connectivity index (χ0n) is 18.2. The molecule has 1 amide bonds. The van der Waals surface area contributed by atoms with E-state index < -0.39 is 29.5 Å². The van der Waals surface area contributed by atoms with Gasteiger partial charge in [0.1, 0.15) is 6.54 Å². The molecule has 1 aromatic heterocycles. The average Bonchev–Trinajstić information content (AvgIpc) is 2.80. The predicted octanol–water partition coefficient (Wildman–Crippen LogP) is 0.146. The monoisotopic (exact) mass is 442 g/mol. The number of amides is 1. The van der Waals surface area contributed by atoms with Crippen LogP contribution in [0.3, 0.4) is 0 Å². The van der Waals surface area contributed by atoms with Gasteiger partial charge in [0, 0.05) is 13.1 Å². The first kappa shape index (κ1) is 22.9. The molecule has 1 aromatic carbocycles. The van der Waals surface area contributed by atoms with E-state index in [2.05, 4.69) is 13.2 Å². The quantitative estimate of drug-likeness (QED) is 0.539. The zero-order chi connectivity index (χ0) is 23.4. The van der Waals surface area contributed by atoms with E-state index >= 15 is 0 Å². The van der Waals surface area contributed by atoms with Gasteiger partial charge in [0.2, 0.25) is 5.91 Å². The summed E-state index contributed by atoms with van der Waals surface area (Å²) in [5, 5.41) is 0. The van der Waals surface area contributed by atoms with Crippen molar-refractivity contribution in [3.05, 3.63) is 80.0 Å². The Hall–Kier alpha value is -3.82. The van der Waals surface area contributed by atoms with E-state index in [0.717, 1.165) is 24.8 Å². The highest BCUT2D eigenvalue weighted by molar-refractivity contribution is 5.76. The van der Waals surface area contributed by atoms with Gasteiger partial charge in [0.25, 0.3) is 0 Å². The molecule has 0 bridgehead atoms. The van der Waals surface area contributed by atoms with E-state index in [-0.39, 0.29) is 13.1 Å². The Morgan fingerprint density at radius 3 is 1.91 bits per heavy atom. The maximum Gasteiger partial charge on any atom is 0.337 e. The van der Waals surface area contributed by atoms with Crippen molar-refractivity contribution in [1.29, 1.82) is 0 Å². The van der Waals surface area contributed by atoms with Gasteiger partial charge in [-0.05, 0) is 29.7 Å². The summed E-state index contributed by atoms with van der Waals surface area (Å²) in [5.74, 6) is 0.768. The van der Waals surface area contributed by atoms with E-state index in [1.807, 2.05) is 12.1 Å². The molecule has 10 heteroatoms. The molecular formula is C22H26N4O6. The molecule has 0 fully saturated rings. The SMILES string of the molecule is C=CCn1c(=O)n(CC=C)c(=O)n(CC(=O)N2CCc3cc(OC)c(OC)cc3C2)c1=O. The average molecular weight is 442 g/mol. The maximum atomic E-state index is 13.0. The van der Waals surface area contributed by atoms with Gasteiger partial charge >= 0.3 is 17.1 Å². The topological polar surface area (TPSA) is 105 Å². The molecule has 2 aromatic rings. The molecule has 32 heavy (non-hydrogen) atoms. The van der Waals surface area contributed by atoms with Crippen LogP contribution < -0.4 is 26.5 Å². The number of aromatic nitrogens is 3. The first-order valence-corrected chi connectivity index (χ1v) is 10.0. The van der Waals surface area contributed by atoms with Crippen molar-refractivity contribution < 1.29 is 14.3 Å². The third-order valence-electron chi connectivity index (χ3n) is 5.37. The Morgan fingerprint density at radius 2 is 1.41 bits per heavy atom. The van der Waals surface area contributed by atoms with E-state index in [4.69, 9.17) is 9.47 Å². The van der Waals surface area contributed by atoms with Gasteiger partial charge in [-0.3, -0.25) is 4.79 Å². The van der Waals surface area contributed by atoms with Crippen LogP contribution in [-0.4, -0.2) is 45.3 Å². The zero-order valence-corrected chi connectivity index (χ0v) is 18.2. The number of carbonyl (C=O) groups excluding carboxylic acids is 1. The highest BCUT2D eigenvalue weighted by atomic mass is 16.5. The number of fused-ring (bicyclic) bond motifs is 1. The van der Waals surface area contributed by atoms with Crippen LogP contribution in [0.2, 0.25) is 0 Å². The molecule has 0 N–H and O–H groups in total. The molecule has 0 saturated carbocycles. The number of allylic oxidation sites excluding steroid dienone is 2. The van der Waals surface area contributed by atoms with Crippen LogP contribution in [0.15, 0.2) is 51.8 Å². The lowest BCUT2D eigenvalue weighted by Crippen LogP contribution is -2.55. The lowest BCUT2D eigenvalue weighted by molar-refractivity contribution is -0.133. The van der Waals surface area contributed by atoms with Gasteiger partial charge in [-0.2, -0.15) is 0 Å². The van der Waals surface area contributed by atoms with Gasteiger partial charge < -0.3 is 14.4 Å². The van der Waals surface area contributed by atoms with Gasteiger partial charge in [0.15, 0.2) is 11.5 Å². The summed E-state index contributed by atoms with van der Waals surface area (Å²) >= 11 is 0. The molecule has 0 aliphatic carbocycles. The second-order valence-electron chi connectivity index (χ2n) is 7.27. The first-order valence-electron chi connectivity index (χ1n) is 10.0. The molecule has 1 aliphatic rings. The summed E-state index contributed by atoms with van der Waals surface area (Å²) in [6.45, 7) is 7.16. The predicted molar refractivity (Wildman–Crippen MR) is 118 cm³/mol. The van der Waals surface area contributed by atoms with Gasteiger partial charge in [-0.15, -0.1) is 13.2 Å². The standard InChI is InChI=1S/C22H26N4O6/c1-5-8-24-20(28)25(9-6-2)22(30)26(21(24)29)14-19(27)23-10-7-15-11-17(31-3)18(32-4)12-16(15)13-23/h5-6,11-12H,1-2,7-10,13-14H2,3-4H3. The molecular weight excluding hydrogens is 416 g/mol. The van der Waals surface area contributed by atoms with Crippen molar-refractivity contribution in [2.24, 2.45) is 0 Å². The minimum absolute atomic E-state index is 0.0814. The number of nitrogens with zero attached hydrogens (tertiary/aromatic N) is 4. The minimum atomic E-state index is -0.850. The van der Waals surface area contributed by atoms with Crippen LogP contribution >= 0.6 is 0 Å². The lowest BCUT2D eigenvalue weighted by atomic mass is 9.98. The van der Waals surface area contributed by atoms with Crippen LogP contribution in [0.4, 0.5) is 0 Å². The molecule has 1 aliphatic heterocycles. The van der Waals surface area contributed by atoms with Crippen LogP contribution in [0.25, 0.3) is 0 Å². The summed E-state index contributed by atoms with van der Waals surface area (Å²) in [4.78, 5) is 52.6. The van der Waals surface area contributed by atoms with E-state index in [1.54, 1.807) is 12.0 Å². The number of hydrogen-bond donors (Lipinski definition) is 0. The van der Waals surface area contributed by atoms with Crippen molar-refractivity contribution in [2.75, 3.05) is 20.8 Å². The largest absolute Gasteiger partial charge is 0.493 e. The number of hydrogen-bond acceptors (Lipinski definition) is 6. The molecule has 0 radical (unpaired) electrons. The molecule has 170 valence electrons. The molecule has 3 rings (SSSR count). The normalized spacial score (nSPS) is 12.8. The first-order chi connectivity index (χ1) is 15.4. The van der Waals surface area contributed by atoms with E-state index in [9.17, 15) is 19.2 Å². The Morgan fingerprint density at radius 1 is 0.906 bits per heavy atom. The third kappa shape index (κ3) is 4.16. The van der Waals surface area contributed by atoms with Crippen molar-refractivity contribution >= 4 is 5.91 Å². The Bertz CT molecular complexity index is 1190. The van der Waals surface area contributed by atoms with Crippen molar-refractivity contribution in [2.45, 2.75) is 32.6 Å². The smallest absolute Gasteiger partial charge is 0.337 e. The maximum absolute atomic E-state index is 13.0.